The van der Waals surface area contributed by atoms with Crippen molar-refractivity contribution in [1.29, 1.82) is 0 Å². The second-order valence-electron chi connectivity index (χ2n) is 4.52. The molecule has 0 saturated heterocycles. The summed E-state index contributed by atoms with van der Waals surface area (Å²) in [7, 11) is 3.60. The molecule has 0 atom stereocenters. The Morgan fingerprint density at radius 3 is 2.37 bits per heavy atom. The van der Waals surface area contributed by atoms with Crippen LogP contribution in [0.2, 0.25) is 5.02 Å². The molecule has 2 aromatic rings. The van der Waals surface area contributed by atoms with Gasteiger partial charge in [-0.15, -0.1) is 0 Å². The second kappa shape index (κ2) is 6.09. The molecule has 0 aliphatic carbocycles. The van der Waals surface area contributed by atoms with Crippen LogP contribution in [0.3, 0.4) is 0 Å². The summed E-state index contributed by atoms with van der Waals surface area (Å²) in [6.07, 6.45) is 0. The lowest BCUT2D eigenvalue weighted by Crippen LogP contribution is -2.05. The highest BCUT2D eigenvalue weighted by Gasteiger charge is 2.05. The van der Waals surface area contributed by atoms with Crippen LogP contribution in [0.15, 0.2) is 36.4 Å². The van der Waals surface area contributed by atoms with Gasteiger partial charge >= 0.3 is 0 Å². The summed E-state index contributed by atoms with van der Waals surface area (Å²) in [4.78, 5) is 0. The van der Waals surface area contributed by atoms with Gasteiger partial charge in [-0.3, -0.25) is 0 Å². The Bertz CT molecular complexity index is 581. The van der Waals surface area contributed by atoms with Crippen molar-refractivity contribution in [2.24, 2.45) is 0 Å². The van der Waals surface area contributed by atoms with Gasteiger partial charge in [-0.1, -0.05) is 29.8 Å². The Morgan fingerprint density at radius 2 is 1.79 bits per heavy atom. The summed E-state index contributed by atoms with van der Waals surface area (Å²) in [6, 6.07) is 12.3. The topological polar surface area (TPSA) is 21.3 Å². The molecule has 0 unspecified atom stereocenters. The summed E-state index contributed by atoms with van der Waals surface area (Å²) in [5.41, 5.74) is 4.50. The van der Waals surface area contributed by atoms with Crippen molar-refractivity contribution in [2.75, 3.05) is 14.2 Å². The van der Waals surface area contributed by atoms with E-state index in [2.05, 4.69) is 29.6 Å². The van der Waals surface area contributed by atoms with Gasteiger partial charge in [0.1, 0.15) is 5.75 Å². The number of aryl methyl sites for hydroxylation is 1. The molecule has 0 saturated carbocycles. The molecule has 0 aromatic heterocycles. The number of benzene rings is 2. The lowest BCUT2D eigenvalue weighted by atomic mass is 10.0. The highest BCUT2D eigenvalue weighted by Crippen LogP contribution is 2.29. The van der Waals surface area contributed by atoms with E-state index in [9.17, 15) is 0 Å². The van der Waals surface area contributed by atoms with Gasteiger partial charge < -0.3 is 10.1 Å². The smallest absolute Gasteiger partial charge is 0.121 e. The van der Waals surface area contributed by atoms with E-state index < -0.39 is 0 Å². The second-order valence-corrected chi connectivity index (χ2v) is 4.93. The maximum absolute atomic E-state index is 6.29. The van der Waals surface area contributed by atoms with Crippen LogP contribution in [0.4, 0.5) is 0 Å². The predicted molar refractivity (Wildman–Crippen MR) is 80.9 cm³/mol. The van der Waals surface area contributed by atoms with Gasteiger partial charge in [0.25, 0.3) is 0 Å². The third-order valence-electron chi connectivity index (χ3n) is 3.15. The van der Waals surface area contributed by atoms with E-state index in [-0.39, 0.29) is 0 Å². The van der Waals surface area contributed by atoms with Gasteiger partial charge in [-0.25, -0.2) is 0 Å². The van der Waals surface area contributed by atoms with Crippen LogP contribution in [0.25, 0.3) is 11.1 Å². The molecule has 0 spiro atoms. The summed E-state index contributed by atoms with van der Waals surface area (Å²) in [5.74, 6) is 0.904. The molecular formula is C16H18ClNO. The third-order valence-corrected chi connectivity index (χ3v) is 3.50. The quantitative estimate of drug-likeness (QED) is 0.909. The van der Waals surface area contributed by atoms with Crippen LogP contribution in [0.1, 0.15) is 11.1 Å². The first-order valence-electron chi connectivity index (χ1n) is 6.23. The minimum Gasteiger partial charge on any atom is -0.496 e. The maximum Gasteiger partial charge on any atom is 0.121 e. The minimum absolute atomic E-state index is 0.779. The van der Waals surface area contributed by atoms with E-state index in [1.54, 1.807) is 7.11 Å². The van der Waals surface area contributed by atoms with Crippen molar-refractivity contribution < 1.29 is 4.74 Å². The molecule has 2 nitrogen and oxygen atoms in total. The molecule has 0 radical (unpaired) electrons. The molecule has 1 N–H and O–H groups in total. The molecule has 0 bridgehead atoms. The fourth-order valence-electron chi connectivity index (χ4n) is 2.12. The zero-order valence-corrected chi connectivity index (χ0v) is 12.2. The molecule has 0 fully saturated rings. The third kappa shape index (κ3) is 3.09. The summed E-state index contributed by atoms with van der Waals surface area (Å²) < 4.78 is 5.28. The normalized spacial score (nSPS) is 10.5. The zero-order chi connectivity index (χ0) is 13.8. The minimum atomic E-state index is 0.779. The number of rotatable bonds is 4. The van der Waals surface area contributed by atoms with Crippen molar-refractivity contribution in [3.8, 4) is 16.9 Å². The van der Waals surface area contributed by atoms with Crippen molar-refractivity contribution in [1.82, 2.24) is 5.32 Å². The molecule has 0 heterocycles. The Balaban J connectivity index is 2.36. The Kier molecular flexibility index (Phi) is 4.46. The highest BCUT2D eigenvalue weighted by molar-refractivity contribution is 6.31. The molecule has 0 aliphatic heterocycles. The fraction of sp³-hybridized carbons (Fsp3) is 0.250. The zero-order valence-electron chi connectivity index (χ0n) is 11.5. The number of nitrogens with one attached hydrogen (secondary N) is 1. The largest absolute Gasteiger partial charge is 0.496 e. The molecular weight excluding hydrogens is 258 g/mol. The molecule has 19 heavy (non-hydrogen) atoms. The Hall–Kier alpha value is -1.51. The van der Waals surface area contributed by atoms with Crippen molar-refractivity contribution >= 4 is 11.6 Å². The van der Waals surface area contributed by atoms with Gasteiger partial charge in [0.15, 0.2) is 0 Å². The highest BCUT2D eigenvalue weighted by atomic mass is 35.5. The van der Waals surface area contributed by atoms with Crippen molar-refractivity contribution in [3.63, 3.8) is 0 Å². The lowest BCUT2D eigenvalue weighted by molar-refractivity contribution is 0.412. The van der Waals surface area contributed by atoms with Gasteiger partial charge in [0.2, 0.25) is 0 Å². The van der Waals surface area contributed by atoms with Crippen LogP contribution in [-0.2, 0) is 6.54 Å². The molecule has 2 aromatic carbocycles. The van der Waals surface area contributed by atoms with Gasteiger partial charge in [-0.05, 0) is 54.4 Å². The van der Waals surface area contributed by atoms with Crippen LogP contribution in [0.5, 0.6) is 5.75 Å². The first-order valence-corrected chi connectivity index (χ1v) is 6.61. The number of methoxy groups -OCH3 is 1. The monoisotopic (exact) mass is 275 g/mol. The number of ether oxygens (including phenoxy) is 1. The maximum atomic E-state index is 6.29. The molecule has 2 rings (SSSR count). The first kappa shape index (κ1) is 13.9. The Morgan fingerprint density at radius 1 is 1.11 bits per heavy atom. The SMILES string of the molecule is CNCc1ccc(-c2ccc(OC)c(C)c2)cc1Cl. The standard InChI is InChI=1S/C16H18ClNO/c1-11-8-12(6-7-16(11)19-3)13-4-5-14(10-18-2)15(17)9-13/h4-9,18H,10H2,1-3H3. The molecule has 0 amide bonds. The van der Waals surface area contributed by atoms with Crippen LogP contribution < -0.4 is 10.1 Å². The van der Waals surface area contributed by atoms with E-state index in [0.717, 1.165) is 39.6 Å². The molecule has 0 aliphatic rings. The van der Waals surface area contributed by atoms with Gasteiger partial charge in [-0.2, -0.15) is 0 Å². The summed E-state index contributed by atoms with van der Waals surface area (Å²) in [6.45, 7) is 2.82. The number of halogens is 1. The van der Waals surface area contributed by atoms with Crippen molar-refractivity contribution in [2.45, 2.75) is 13.5 Å². The van der Waals surface area contributed by atoms with E-state index >= 15 is 0 Å². The van der Waals surface area contributed by atoms with Crippen molar-refractivity contribution in [3.05, 3.63) is 52.5 Å². The van der Waals surface area contributed by atoms with Crippen LogP contribution in [-0.4, -0.2) is 14.2 Å². The summed E-state index contributed by atoms with van der Waals surface area (Å²) in [5, 5.41) is 3.90. The fourth-order valence-corrected chi connectivity index (χ4v) is 2.37. The Labute approximate surface area is 119 Å². The average Bonchev–Trinajstić information content (AvgIpc) is 2.41. The van der Waals surface area contributed by atoms with E-state index in [1.165, 1.54) is 0 Å². The van der Waals surface area contributed by atoms with Crippen LogP contribution in [0, 0.1) is 6.92 Å². The number of hydrogen-bond donors (Lipinski definition) is 1. The van der Waals surface area contributed by atoms with Gasteiger partial charge in [0, 0.05) is 11.6 Å². The van der Waals surface area contributed by atoms with Gasteiger partial charge in [0.05, 0.1) is 7.11 Å². The number of hydrogen-bond acceptors (Lipinski definition) is 2. The summed E-state index contributed by atoms with van der Waals surface area (Å²) >= 11 is 6.29. The molecule has 100 valence electrons. The average molecular weight is 276 g/mol. The van der Waals surface area contributed by atoms with E-state index in [1.807, 2.05) is 26.1 Å². The lowest BCUT2D eigenvalue weighted by Gasteiger charge is -2.10. The van der Waals surface area contributed by atoms with Crippen LogP contribution >= 0.6 is 11.6 Å². The first-order chi connectivity index (χ1) is 9.15. The van der Waals surface area contributed by atoms with E-state index in [0.29, 0.717) is 0 Å². The van der Waals surface area contributed by atoms with E-state index in [4.69, 9.17) is 16.3 Å². The predicted octanol–water partition coefficient (Wildman–Crippen LogP) is 4.04. The molecule has 3 heteroatoms.